The van der Waals surface area contributed by atoms with Crippen molar-refractivity contribution in [2.75, 3.05) is 13.7 Å². The van der Waals surface area contributed by atoms with Gasteiger partial charge in [-0.05, 0) is 18.6 Å². The average molecular weight is 381 g/mol. The lowest BCUT2D eigenvalue weighted by atomic mass is 10.1. The summed E-state index contributed by atoms with van der Waals surface area (Å²) in [6.07, 6.45) is 0.260. The molecule has 1 saturated heterocycles. The summed E-state index contributed by atoms with van der Waals surface area (Å²) in [5.41, 5.74) is 1.15. The fourth-order valence-electron chi connectivity index (χ4n) is 2.96. The molecule has 1 amide bonds. The molecule has 0 spiro atoms. The Labute approximate surface area is 154 Å². The van der Waals surface area contributed by atoms with E-state index in [0.717, 1.165) is 5.56 Å². The number of carbonyl (C=O) groups excluding carboxylic acids is 1. The number of carboxylic acids is 1. The molecule has 2 atom stereocenters. The van der Waals surface area contributed by atoms with Crippen LogP contribution in [-0.2, 0) is 9.53 Å². The van der Waals surface area contributed by atoms with Crippen molar-refractivity contribution >= 4 is 34.8 Å². The van der Waals surface area contributed by atoms with Gasteiger partial charge in [0.1, 0.15) is 10.7 Å². The summed E-state index contributed by atoms with van der Waals surface area (Å²) in [4.78, 5) is 29.8. The first-order valence-corrected chi connectivity index (χ1v) is 9.00. The van der Waals surface area contributed by atoms with Crippen LogP contribution in [0.4, 0.5) is 0 Å². The number of nitrogens with zero attached hydrogens (tertiary/aromatic N) is 2. The van der Waals surface area contributed by atoms with Gasteiger partial charge in [-0.2, -0.15) is 0 Å². The predicted molar refractivity (Wildman–Crippen MR) is 95.1 cm³/mol. The molecule has 2 heterocycles. The van der Waals surface area contributed by atoms with E-state index >= 15 is 0 Å². The number of halogens is 1. The third kappa shape index (κ3) is 4.00. The molecule has 1 fully saturated rings. The van der Waals surface area contributed by atoms with Gasteiger partial charge in [0, 0.05) is 35.7 Å². The second kappa shape index (κ2) is 7.51. The minimum absolute atomic E-state index is 0.100. The summed E-state index contributed by atoms with van der Waals surface area (Å²) in [5.74, 6) is -1.20. The largest absolute Gasteiger partial charge is 0.481 e. The van der Waals surface area contributed by atoms with Gasteiger partial charge in [0.25, 0.3) is 5.91 Å². The number of benzene rings is 1. The summed E-state index contributed by atoms with van der Waals surface area (Å²) >= 11 is 7.35. The maximum absolute atomic E-state index is 12.8. The van der Waals surface area contributed by atoms with Crippen LogP contribution in [0.3, 0.4) is 0 Å². The number of rotatable bonds is 5. The third-order valence-electron chi connectivity index (χ3n) is 4.18. The van der Waals surface area contributed by atoms with Crippen molar-refractivity contribution in [3.05, 3.63) is 40.4 Å². The summed E-state index contributed by atoms with van der Waals surface area (Å²) in [6, 6.07) is 6.89. The lowest BCUT2D eigenvalue weighted by Crippen LogP contribution is -2.37. The molecule has 0 bridgehead atoms. The van der Waals surface area contributed by atoms with E-state index in [1.807, 2.05) is 12.1 Å². The number of thiazole rings is 1. The second-order valence-corrected chi connectivity index (χ2v) is 7.15. The van der Waals surface area contributed by atoms with Crippen molar-refractivity contribution in [1.29, 1.82) is 0 Å². The van der Waals surface area contributed by atoms with Crippen LogP contribution in [0.15, 0.2) is 29.6 Å². The molecular formula is C17H17ClN2O4S. The van der Waals surface area contributed by atoms with Crippen LogP contribution in [0.1, 0.15) is 23.3 Å². The molecule has 25 heavy (non-hydrogen) atoms. The van der Waals surface area contributed by atoms with E-state index in [9.17, 15) is 9.59 Å². The van der Waals surface area contributed by atoms with E-state index in [1.165, 1.54) is 11.3 Å². The highest BCUT2D eigenvalue weighted by Gasteiger charge is 2.37. The van der Waals surface area contributed by atoms with Crippen molar-refractivity contribution in [2.24, 2.45) is 0 Å². The van der Waals surface area contributed by atoms with Crippen molar-refractivity contribution in [2.45, 2.75) is 25.0 Å². The van der Waals surface area contributed by atoms with E-state index in [2.05, 4.69) is 4.98 Å². The van der Waals surface area contributed by atoms with Gasteiger partial charge in [0.15, 0.2) is 0 Å². The molecule has 0 saturated carbocycles. The van der Waals surface area contributed by atoms with E-state index in [4.69, 9.17) is 21.4 Å². The molecule has 0 aliphatic carbocycles. The molecule has 1 aromatic heterocycles. The molecule has 1 aliphatic heterocycles. The zero-order valence-electron chi connectivity index (χ0n) is 13.5. The Kier molecular flexibility index (Phi) is 5.36. The van der Waals surface area contributed by atoms with Crippen molar-refractivity contribution in [1.82, 2.24) is 9.88 Å². The van der Waals surface area contributed by atoms with Gasteiger partial charge in [-0.1, -0.05) is 23.7 Å². The van der Waals surface area contributed by atoms with Crippen LogP contribution in [0.5, 0.6) is 0 Å². The number of ether oxygens (including phenoxy) is 1. The molecule has 2 unspecified atom stereocenters. The van der Waals surface area contributed by atoms with Crippen LogP contribution in [0.25, 0.3) is 10.6 Å². The zero-order valence-corrected chi connectivity index (χ0v) is 15.1. The van der Waals surface area contributed by atoms with Crippen LogP contribution in [-0.4, -0.2) is 52.7 Å². The first-order chi connectivity index (χ1) is 12.0. The third-order valence-corrected chi connectivity index (χ3v) is 5.30. The first-order valence-electron chi connectivity index (χ1n) is 7.75. The summed E-state index contributed by atoms with van der Waals surface area (Å²) in [7, 11) is 1.57. The number of methoxy groups -OCH3 is 1. The number of carbonyl (C=O) groups is 2. The Balaban J connectivity index is 1.81. The smallest absolute Gasteiger partial charge is 0.305 e. The predicted octanol–water partition coefficient (Wildman–Crippen LogP) is 3.17. The Morgan fingerprint density at radius 3 is 2.96 bits per heavy atom. The summed E-state index contributed by atoms with van der Waals surface area (Å²) in [6.45, 7) is 0.372. The highest BCUT2D eigenvalue weighted by atomic mass is 35.5. The van der Waals surface area contributed by atoms with Crippen LogP contribution in [0.2, 0.25) is 5.02 Å². The number of hydrogen-bond acceptors (Lipinski definition) is 5. The quantitative estimate of drug-likeness (QED) is 0.861. The molecule has 1 aromatic carbocycles. The number of carboxylic acid groups (broad SMARTS) is 1. The Hall–Kier alpha value is -1.96. The summed E-state index contributed by atoms with van der Waals surface area (Å²) in [5, 5.41) is 12.1. The fraction of sp³-hybridized carbons (Fsp3) is 0.353. The fourth-order valence-corrected chi connectivity index (χ4v) is 3.94. The minimum atomic E-state index is -0.933. The Bertz CT molecular complexity index is 794. The van der Waals surface area contributed by atoms with Gasteiger partial charge in [-0.3, -0.25) is 9.59 Å². The normalized spacial score (nSPS) is 20.0. The average Bonchev–Trinajstić information content (AvgIpc) is 3.21. The minimum Gasteiger partial charge on any atom is -0.481 e. The first kappa shape index (κ1) is 17.8. The molecule has 3 rings (SSSR count). The Morgan fingerprint density at radius 2 is 2.28 bits per heavy atom. The maximum Gasteiger partial charge on any atom is 0.305 e. The summed E-state index contributed by atoms with van der Waals surface area (Å²) < 4.78 is 5.31. The van der Waals surface area contributed by atoms with Crippen molar-refractivity contribution in [3.63, 3.8) is 0 Å². The van der Waals surface area contributed by atoms with E-state index in [1.54, 1.807) is 29.5 Å². The number of likely N-dealkylation sites (tertiary alicyclic amines) is 1. The second-order valence-electron chi connectivity index (χ2n) is 5.85. The standard InChI is InChI=1S/C17H17ClN2O4S/c1-24-13-6-12(7-15(21)22)20(8-13)17(23)14-9-25-16(19-14)10-3-2-4-11(18)5-10/h2-5,9,12-13H,6-8H2,1H3,(H,21,22). The maximum atomic E-state index is 12.8. The highest BCUT2D eigenvalue weighted by Crippen LogP contribution is 2.29. The molecule has 0 radical (unpaired) electrons. The van der Waals surface area contributed by atoms with Gasteiger partial charge >= 0.3 is 5.97 Å². The number of hydrogen-bond donors (Lipinski definition) is 1. The van der Waals surface area contributed by atoms with Gasteiger partial charge < -0.3 is 14.7 Å². The number of amides is 1. The molecule has 1 N–H and O–H groups in total. The van der Waals surface area contributed by atoms with Crippen LogP contribution >= 0.6 is 22.9 Å². The molecular weight excluding hydrogens is 364 g/mol. The number of aromatic nitrogens is 1. The van der Waals surface area contributed by atoms with Crippen LogP contribution < -0.4 is 0 Å². The highest BCUT2D eigenvalue weighted by molar-refractivity contribution is 7.13. The number of aliphatic carboxylic acids is 1. The van der Waals surface area contributed by atoms with Crippen LogP contribution in [0, 0.1) is 0 Å². The van der Waals surface area contributed by atoms with Gasteiger partial charge in [-0.15, -0.1) is 11.3 Å². The monoisotopic (exact) mass is 380 g/mol. The lowest BCUT2D eigenvalue weighted by molar-refractivity contribution is -0.138. The topological polar surface area (TPSA) is 79.7 Å². The van der Waals surface area contributed by atoms with Crippen molar-refractivity contribution in [3.8, 4) is 10.6 Å². The van der Waals surface area contributed by atoms with Gasteiger partial charge in [0.05, 0.1) is 12.5 Å². The van der Waals surface area contributed by atoms with Gasteiger partial charge in [0.2, 0.25) is 0 Å². The molecule has 2 aromatic rings. The van der Waals surface area contributed by atoms with E-state index in [0.29, 0.717) is 28.7 Å². The lowest BCUT2D eigenvalue weighted by Gasteiger charge is -2.22. The zero-order chi connectivity index (χ0) is 18.0. The van der Waals surface area contributed by atoms with E-state index < -0.39 is 5.97 Å². The molecule has 132 valence electrons. The molecule has 1 aliphatic rings. The van der Waals surface area contributed by atoms with Crippen molar-refractivity contribution < 1.29 is 19.4 Å². The van der Waals surface area contributed by atoms with E-state index in [-0.39, 0.29) is 24.5 Å². The SMILES string of the molecule is COC1CC(CC(=O)O)N(C(=O)c2csc(-c3cccc(Cl)c3)n2)C1. The molecule has 6 nitrogen and oxygen atoms in total. The Morgan fingerprint density at radius 1 is 1.48 bits per heavy atom. The van der Waals surface area contributed by atoms with Gasteiger partial charge in [-0.25, -0.2) is 4.98 Å². The molecule has 8 heteroatoms.